The number of anilines is 1. The highest BCUT2D eigenvalue weighted by Gasteiger charge is 2.15. The van der Waals surface area contributed by atoms with E-state index in [-0.39, 0.29) is 11.4 Å². The highest BCUT2D eigenvalue weighted by Crippen LogP contribution is 2.10. The van der Waals surface area contributed by atoms with Crippen molar-refractivity contribution in [2.75, 3.05) is 11.9 Å². The number of nitrogens with one attached hydrogen (secondary N) is 2. The van der Waals surface area contributed by atoms with Crippen molar-refractivity contribution in [2.24, 2.45) is 0 Å². The molecule has 0 saturated heterocycles. The highest BCUT2D eigenvalue weighted by atomic mass is 32.2. The van der Waals surface area contributed by atoms with Gasteiger partial charge in [0, 0.05) is 25.5 Å². The fourth-order valence-electron chi connectivity index (χ4n) is 1.66. The number of sulfonamides is 1. The number of rotatable bonds is 6. The van der Waals surface area contributed by atoms with Gasteiger partial charge in [-0.05, 0) is 31.0 Å². The van der Waals surface area contributed by atoms with Crippen LogP contribution in [0.15, 0.2) is 35.7 Å². The van der Waals surface area contributed by atoms with E-state index in [9.17, 15) is 8.42 Å². The van der Waals surface area contributed by atoms with Crippen molar-refractivity contribution >= 4 is 16.0 Å². The van der Waals surface area contributed by atoms with Crippen molar-refractivity contribution < 1.29 is 8.42 Å². The fourth-order valence-corrected chi connectivity index (χ4v) is 2.56. The average molecular weight is 307 g/mol. The van der Waals surface area contributed by atoms with Crippen LogP contribution < -0.4 is 10.0 Å². The molecule has 0 radical (unpaired) electrons. The standard InChI is InChI=1S/C13H17N5O2S/c1-3-15-13-16-8-12(9-17-13)21(19,20)18-7-11-4-5-14-6-10(11)2/h4-6,8-9,18H,3,7H2,1-2H3,(H,15,16,17). The minimum atomic E-state index is -3.63. The van der Waals surface area contributed by atoms with Gasteiger partial charge in [0.05, 0.1) is 12.4 Å². The van der Waals surface area contributed by atoms with Crippen LogP contribution in [-0.4, -0.2) is 29.9 Å². The number of aromatic nitrogens is 3. The van der Waals surface area contributed by atoms with Crippen LogP contribution in [0.5, 0.6) is 0 Å². The highest BCUT2D eigenvalue weighted by molar-refractivity contribution is 7.89. The largest absolute Gasteiger partial charge is 0.355 e. The molecule has 2 aromatic rings. The molecule has 0 saturated carbocycles. The Morgan fingerprint density at radius 3 is 2.52 bits per heavy atom. The van der Waals surface area contributed by atoms with Gasteiger partial charge in [-0.25, -0.2) is 23.1 Å². The molecular weight excluding hydrogens is 290 g/mol. The Morgan fingerprint density at radius 1 is 1.19 bits per heavy atom. The van der Waals surface area contributed by atoms with Gasteiger partial charge in [-0.2, -0.15) is 0 Å². The first kappa shape index (κ1) is 15.3. The molecule has 8 heteroatoms. The van der Waals surface area contributed by atoms with Crippen LogP contribution in [0.2, 0.25) is 0 Å². The zero-order chi connectivity index (χ0) is 15.3. The summed E-state index contributed by atoms with van der Waals surface area (Å²) in [7, 11) is -3.63. The third kappa shape index (κ3) is 3.96. The molecule has 0 aliphatic carbocycles. The smallest absolute Gasteiger partial charge is 0.243 e. The molecule has 0 bridgehead atoms. The molecule has 0 amide bonds. The summed E-state index contributed by atoms with van der Waals surface area (Å²) >= 11 is 0. The Bertz CT molecular complexity index is 701. The van der Waals surface area contributed by atoms with E-state index in [4.69, 9.17) is 0 Å². The average Bonchev–Trinajstić information content (AvgIpc) is 2.47. The molecule has 2 N–H and O–H groups in total. The molecule has 0 aliphatic rings. The lowest BCUT2D eigenvalue weighted by Crippen LogP contribution is -2.24. The molecule has 0 unspecified atom stereocenters. The summed E-state index contributed by atoms with van der Waals surface area (Å²) in [5.74, 6) is 0.404. The van der Waals surface area contributed by atoms with E-state index in [0.717, 1.165) is 11.1 Å². The second kappa shape index (κ2) is 6.59. The second-order valence-corrected chi connectivity index (χ2v) is 6.17. The lowest BCUT2D eigenvalue weighted by molar-refractivity contribution is 0.580. The van der Waals surface area contributed by atoms with E-state index < -0.39 is 10.0 Å². The molecule has 21 heavy (non-hydrogen) atoms. The van der Waals surface area contributed by atoms with E-state index in [2.05, 4.69) is 25.0 Å². The van der Waals surface area contributed by atoms with E-state index in [0.29, 0.717) is 12.5 Å². The predicted octanol–water partition coefficient (Wildman–Crippen LogP) is 1.09. The Morgan fingerprint density at radius 2 is 1.90 bits per heavy atom. The van der Waals surface area contributed by atoms with Crippen molar-refractivity contribution in [2.45, 2.75) is 25.3 Å². The summed E-state index contributed by atoms with van der Waals surface area (Å²) in [6, 6.07) is 1.78. The Labute approximate surface area is 123 Å². The molecule has 2 rings (SSSR count). The van der Waals surface area contributed by atoms with Gasteiger partial charge in [0.1, 0.15) is 4.90 Å². The maximum atomic E-state index is 12.2. The summed E-state index contributed by atoms with van der Waals surface area (Å²) in [5.41, 5.74) is 1.80. The van der Waals surface area contributed by atoms with Crippen molar-refractivity contribution in [3.8, 4) is 0 Å². The maximum Gasteiger partial charge on any atom is 0.243 e. The van der Waals surface area contributed by atoms with Gasteiger partial charge in [-0.15, -0.1) is 0 Å². The Hall–Kier alpha value is -2.06. The first-order valence-corrected chi connectivity index (χ1v) is 7.96. The molecule has 0 fully saturated rings. The Balaban J connectivity index is 2.09. The molecule has 2 aromatic heterocycles. The van der Waals surface area contributed by atoms with Crippen molar-refractivity contribution in [1.29, 1.82) is 0 Å². The summed E-state index contributed by atoms with van der Waals surface area (Å²) in [6.07, 6.45) is 5.89. The summed E-state index contributed by atoms with van der Waals surface area (Å²) in [4.78, 5) is 11.9. The first-order valence-electron chi connectivity index (χ1n) is 6.48. The van der Waals surface area contributed by atoms with Crippen LogP contribution in [0.25, 0.3) is 0 Å². The molecular formula is C13H17N5O2S. The minimum absolute atomic E-state index is 0.0378. The number of hydrogen-bond donors (Lipinski definition) is 2. The zero-order valence-electron chi connectivity index (χ0n) is 11.9. The van der Waals surface area contributed by atoms with Gasteiger partial charge in [-0.3, -0.25) is 4.98 Å². The van der Waals surface area contributed by atoms with Gasteiger partial charge in [0.15, 0.2) is 0 Å². The quantitative estimate of drug-likeness (QED) is 0.829. The second-order valence-electron chi connectivity index (χ2n) is 4.40. The molecule has 112 valence electrons. The molecule has 7 nitrogen and oxygen atoms in total. The van der Waals surface area contributed by atoms with Gasteiger partial charge in [-0.1, -0.05) is 0 Å². The van der Waals surface area contributed by atoms with Crippen LogP contribution in [0.3, 0.4) is 0 Å². The van der Waals surface area contributed by atoms with Crippen LogP contribution in [0, 0.1) is 6.92 Å². The number of nitrogens with zero attached hydrogens (tertiary/aromatic N) is 3. The van der Waals surface area contributed by atoms with E-state index in [1.54, 1.807) is 18.5 Å². The molecule has 0 spiro atoms. The van der Waals surface area contributed by atoms with Crippen LogP contribution in [0.4, 0.5) is 5.95 Å². The monoisotopic (exact) mass is 307 g/mol. The van der Waals surface area contributed by atoms with Crippen molar-refractivity contribution in [1.82, 2.24) is 19.7 Å². The van der Waals surface area contributed by atoms with Crippen molar-refractivity contribution in [3.05, 3.63) is 42.0 Å². The SMILES string of the molecule is CCNc1ncc(S(=O)(=O)NCc2ccncc2C)cn1. The fraction of sp³-hybridized carbons (Fsp3) is 0.308. The van der Waals surface area contributed by atoms with E-state index >= 15 is 0 Å². The van der Waals surface area contributed by atoms with Gasteiger partial charge in [0.2, 0.25) is 16.0 Å². The number of pyridine rings is 1. The summed E-state index contributed by atoms with van der Waals surface area (Å²) in [6.45, 7) is 4.66. The number of aryl methyl sites for hydroxylation is 1. The maximum absolute atomic E-state index is 12.2. The topological polar surface area (TPSA) is 96.9 Å². The third-order valence-corrected chi connectivity index (χ3v) is 4.22. The van der Waals surface area contributed by atoms with E-state index in [1.165, 1.54) is 12.4 Å². The van der Waals surface area contributed by atoms with Crippen molar-refractivity contribution in [3.63, 3.8) is 0 Å². The Kier molecular flexibility index (Phi) is 4.81. The van der Waals surface area contributed by atoms with Crippen LogP contribution in [-0.2, 0) is 16.6 Å². The summed E-state index contributed by atoms with van der Waals surface area (Å²) in [5, 5.41) is 2.91. The minimum Gasteiger partial charge on any atom is -0.355 e. The molecule has 0 aliphatic heterocycles. The normalized spacial score (nSPS) is 11.3. The van der Waals surface area contributed by atoms with Gasteiger partial charge >= 0.3 is 0 Å². The number of hydrogen-bond acceptors (Lipinski definition) is 6. The predicted molar refractivity (Wildman–Crippen MR) is 79.2 cm³/mol. The van der Waals surface area contributed by atoms with Crippen LogP contribution in [0.1, 0.15) is 18.1 Å². The first-order chi connectivity index (χ1) is 10.0. The lowest BCUT2D eigenvalue weighted by atomic mass is 10.2. The van der Waals surface area contributed by atoms with Crippen LogP contribution >= 0.6 is 0 Å². The van der Waals surface area contributed by atoms with E-state index in [1.807, 2.05) is 13.8 Å². The molecule has 2 heterocycles. The summed E-state index contributed by atoms with van der Waals surface area (Å²) < 4.78 is 26.8. The molecule has 0 aromatic carbocycles. The van der Waals surface area contributed by atoms with Gasteiger partial charge in [0.25, 0.3) is 0 Å². The lowest BCUT2D eigenvalue weighted by Gasteiger charge is -2.08. The third-order valence-electron chi connectivity index (χ3n) is 2.86. The zero-order valence-corrected chi connectivity index (χ0v) is 12.7. The van der Waals surface area contributed by atoms with Gasteiger partial charge < -0.3 is 5.32 Å². The molecule has 0 atom stereocenters.